The molecule has 2 N–H and O–H groups in total. The van der Waals surface area contributed by atoms with Gasteiger partial charge in [0.2, 0.25) is 0 Å². The Balaban J connectivity index is 2.25. The number of aromatic nitrogens is 4. The Morgan fingerprint density at radius 3 is 2.71 bits per heavy atom. The van der Waals surface area contributed by atoms with Gasteiger partial charge in [-0.1, -0.05) is 16.8 Å². The summed E-state index contributed by atoms with van der Waals surface area (Å²) < 4.78 is 6.30. The number of nitrogens with zero attached hydrogens (tertiary/aromatic N) is 4. The highest BCUT2D eigenvalue weighted by Crippen LogP contribution is 2.19. The molecule has 8 heteroatoms. The highest BCUT2D eigenvalue weighted by molar-refractivity contribution is 6.31. The van der Waals surface area contributed by atoms with Crippen LogP contribution < -0.4 is 5.73 Å². The molecule has 0 aromatic carbocycles. The van der Waals surface area contributed by atoms with Crippen LogP contribution in [-0.2, 0) is 6.54 Å². The quantitative estimate of drug-likeness (QED) is 0.869. The van der Waals surface area contributed by atoms with Crippen LogP contribution in [0.1, 0.15) is 27.9 Å². The molecule has 0 bridgehead atoms. The lowest BCUT2D eigenvalue weighted by Gasteiger charge is -1.98. The van der Waals surface area contributed by atoms with Crippen molar-refractivity contribution in [1.29, 1.82) is 0 Å². The maximum absolute atomic E-state index is 10.8. The number of rotatable bonds is 3. The van der Waals surface area contributed by atoms with Crippen LogP contribution >= 0.6 is 11.6 Å². The molecule has 0 atom stereocenters. The first-order valence-electron chi connectivity index (χ1n) is 4.81. The summed E-state index contributed by atoms with van der Waals surface area (Å²) in [4.78, 5) is 14.6. The molecule has 0 aliphatic carbocycles. The minimum absolute atomic E-state index is 0.215. The molecular formula is C9H10ClN5O2. The van der Waals surface area contributed by atoms with Crippen molar-refractivity contribution in [2.24, 2.45) is 5.73 Å². The molecule has 2 aromatic heterocycles. The normalized spacial score (nSPS) is 10.8. The smallest absolute Gasteiger partial charge is 0.315 e. The Bertz CT molecular complexity index is 574. The average Bonchev–Trinajstić information content (AvgIpc) is 2.82. The molecule has 0 saturated carbocycles. The molecule has 0 radical (unpaired) electrons. The molecule has 2 aromatic rings. The highest BCUT2D eigenvalue weighted by atomic mass is 35.5. The molecule has 17 heavy (non-hydrogen) atoms. The fourth-order valence-corrected chi connectivity index (χ4v) is 1.52. The number of carbonyl (C=O) groups is 1. The zero-order chi connectivity index (χ0) is 12.6. The number of hydrogen-bond donors (Lipinski definition) is 1. The zero-order valence-corrected chi connectivity index (χ0v) is 10.0. The topological polar surface area (TPSA) is 99.8 Å². The number of nitrogens with two attached hydrogens (primary N) is 1. The fourth-order valence-electron chi connectivity index (χ4n) is 1.38. The SMILES string of the molecule is Cc1nn(Cc2noc(C(N)=O)n2)c(C)c1Cl. The van der Waals surface area contributed by atoms with Crippen LogP contribution in [0.3, 0.4) is 0 Å². The Kier molecular flexibility index (Phi) is 2.84. The van der Waals surface area contributed by atoms with Crippen LogP contribution in [0.2, 0.25) is 5.02 Å². The first-order chi connectivity index (χ1) is 7.99. The molecule has 0 fully saturated rings. The third-order valence-corrected chi connectivity index (χ3v) is 2.81. The largest absolute Gasteiger partial charge is 0.361 e. The van der Waals surface area contributed by atoms with E-state index in [1.165, 1.54) is 0 Å². The van der Waals surface area contributed by atoms with Gasteiger partial charge in [-0.2, -0.15) is 10.1 Å². The van der Waals surface area contributed by atoms with E-state index in [9.17, 15) is 4.79 Å². The van der Waals surface area contributed by atoms with E-state index in [2.05, 4.69) is 19.8 Å². The van der Waals surface area contributed by atoms with Crippen molar-refractivity contribution in [1.82, 2.24) is 19.9 Å². The summed E-state index contributed by atoms with van der Waals surface area (Å²) in [5.74, 6) is -0.649. The molecule has 2 heterocycles. The second-order valence-corrected chi connectivity index (χ2v) is 3.90. The summed E-state index contributed by atoms with van der Waals surface area (Å²) in [5, 5.41) is 8.43. The molecule has 2 rings (SSSR count). The van der Waals surface area contributed by atoms with Crippen molar-refractivity contribution in [2.45, 2.75) is 20.4 Å². The van der Waals surface area contributed by atoms with E-state index < -0.39 is 5.91 Å². The number of amides is 1. The van der Waals surface area contributed by atoms with E-state index in [4.69, 9.17) is 17.3 Å². The second-order valence-electron chi connectivity index (χ2n) is 3.52. The third-order valence-electron chi connectivity index (χ3n) is 2.26. The number of hydrogen-bond acceptors (Lipinski definition) is 5. The predicted octanol–water partition coefficient (Wildman–Crippen LogP) is 0.684. The van der Waals surface area contributed by atoms with Crippen molar-refractivity contribution in [2.75, 3.05) is 0 Å². The molecule has 7 nitrogen and oxygen atoms in total. The summed E-state index contributed by atoms with van der Waals surface area (Å²) in [7, 11) is 0. The van der Waals surface area contributed by atoms with Crippen molar-refractivity contribution < 1.29 is 9.32 Å². The van der Waals surface area contributed by atoms with Crippen molar-refractivity contribution >= 4 is 17.5 Å². The summed E-state index contributed by atoms with van der Waals surface area (Å²) in [6.07, 6.45) is 0. The average molecular weight is 256 g/mol. The molecule has 0 spiro atoms. The van der Waals surface area contributed by atoms with Gasteiger partial charge in [0.15, 0.2) is 5.82 Å². The van der Waals surface area contributed by atoms with E-state index >= 15 is 0 Å². The lowest BCUT2D eigenvalue weighted by Crippen LogP contribution is -2.12. The molecule has 90 valence electrons. The van der Waals surface area contributed by atoms with Gasteiger partial charge >= 0.3 is 11.8 Å². The summed E-state index contributed by atoms with van der Waals surface area (Å²) in [6, 6.07) is 0. The minimum atomic E-state index is -0.754. The van der Waals surface area contributed by atoms with Gasteiger partial charge in [0, 0.05) is 0 Å². The maximum atomic E-state index is 10.8. The van der Waals surface area contributed by atoms with Crippen LogP contribution in [0.5, 0.6) is 0 Å². The molecule has 0 unspecified atom stereocenters. The second kappa shape index (κ2) is 4.17. The number of aryl methyl sites for hydroxylation is 1. The monoisotopic (exact) mass is 255 g/mol. The Morgan fingerprint density at radius 2 is 2.24 bits per heavy atom. The molecular weight excluding hydrogens is 246 g/mol. The fraction of sp³-hybridized carbons (Fsp3) is 0.333. The molecule has 1 amide bonds. The maximum Gasteiger partial charge on any atom is 0.315 e. The molecule has 0 aliphatic heterocycles. The standard InChI is InChI=1S/C9H10ClN5O2/c1-4-7(10)5(2)15(13-4)3-6-12-9(8(11)16)17-14-6/h3H2,1-2H3,(H2,11,16). The first kappa shape index (κ1) is 11.6. The number of halogens is 1. The van der Waals surface area contributed by atoms with E-state index in [1.807, 2.05) is 6.92 Å². The van der Waals surface area contributed by atoms with Crippen molar-refractivity contribution in [3.05, 3.63) is 28.1 Å². The van der Waals surface area contributed by atoms with Crippen LogP contribution in [-0.4, -0.2) is 25.8 Å². The number of primary amides is 1. The Labute approximate surface area is 102 Å². The van der Waals surface area contributed by atoms with Crippen LogP contribution in [0.4, 0.5) is 0 Å². The predicted molar refractivity (Wildman–Crippen MR) is 58.6 cm³/mol. The molecule has 0 aliphatic rings. The summed E-state index contributed by atoms with van der Waals surface area (Å²) in [5.41, 5.74) is 6.53. The van der Waals surface area contributed by atoms with Gasteiger partial charge in [0.05, 0.1) is 16.4 Å². The van der Waals surface area contributed by atoms with Crippen molar-refractivity contribution in [3.63, 3.8) is 0 Å². The van der Waals surface area contributed by atoms with Crippen molar-refractivity contribution in [3.8, 4) is 0 Å². The molecule has 0 saturated heterocycles. The highest BCUT2D eigenvalue weighted by Gasteiger charge is 2.14. The lowest BCUT2D eigenvalue weighted by molar-refractivity contribution is 0.0958. The Hall–Kier alpha value is -1.89. The van der Waals surface area contributed by atoms with E-state index in [-0.39, 0.29) is 12.4 Å². The van der Waals surface area contributed by atoms with E-state index in [0.717, 1.165) is 11.4 Å². The van der Waals surface area contributed by atoms with Gasteiger partial charge in [0.1, 0.15) is 6.54 Å². The first-order valence-corrected chi connectivity index (χ1v) is 5.18. The van der Waals surface area contributed by atoms with Gasteiger partial charge < -0.3 is 10.3 Å². The van der Waals surface area contributed by atoms with Gasteiger partial charge in [0.25, 0.3) is 0 Å². The van der Waals surface area contributed by atoms with Crippen LogP contribution in [0.15, 0.2) is 4.52 Å². The minimum Gasteiger partial charge on any atom is -0.361 e. The lowest BCUT2D eigenvalue weighted by atomic mass is 10.4. The van der Waals surface area contributed by atoms with E-state index in [0.29, 0.717) is 10.8 Å². The zero-order valence-electron chi connectivity index (χ0n) is 9.27. The summed E-state index contributed by atoms with van der Waals surface area (Å²) in [6.45, 7) is 3.91. The third kappa shape index (κ3) is 2.14. The van der Waals surface area contributed by atoms with Gasteiger partial charge in [-0.15, -0.1) is 0 Å². The van der Waals surface area contributed by atoms with E-state index in [1.54, 1.807) is 11.6 Å². The van der Waals surface area contributed by atoms with Gasteiger partial charge in [-0.3, -0.25) is 9.48 Å². The Morgan fingerprint density at radius 1 is 1.53 bits per heavy atom. The number of carbonyl (C=O) groups excluding carboxylic acids is 1. The summed E-state index contributed by atoms with van der Waals surface area (Å²) >= 11 is 6.00. The van der Waals surface area contributed by atoms with Gasteiger partial charge in [-0.25, -0.2) is 0 Å². The van der Waals surface area contributed by atoms with Crippen LogP contribution in [0.25, 0.3) is 0 Å². The van der Waals surface area contributed by atoms with Gasteiger partial charge in [-0.05, 0) is 13.8 Å². The van der Waals surface area contributed by atoms with Crippen LogP contribution in [0, 0.1) is 13.8 Å².